The molecule has 0 fully saturated rings. The minimum atomic E-state index is -0.0321. The average Bonchev–Trinajstić information content (AvgIpc) is 3.35. The van der Waals surface area contributed by atoms with Gasteiger partial charge in [-0.1, -0.05) is 231 Å². The zero-order valence-electron chi connectivity index (χ0n) is 33.1. The zero-order valence-corrected chi connectivity index (χ0v) is 33.1. The van der Waals surface area contributed by atoms with Crippen LogP contribution in [-0.2, 0) is 0 Å². The van der Waals surface area contributed by atoms with Crippen molar-refractivity contribution in [1.82, 2.24) is 5.32 Å². The molecule has 0 saturated carbocycles. The van der Waals surface area contributed by atoms with Crippen LogP contribution in [0.15, 0.2) is 248 Å². The Balaban J connectivity index is 1.21. The summed E-state index contributed by atoms with van der Waals surface area (Å²) < 4.78 is 0. The van der Waals surface area contributed by atoms with E-state index in [4.69, 9.17) is 4.99 Å². The molecule has 10 rings (SSSR count). The molecule has 1 aliphatic heterocycles. The first-order valence-electron chi connectivity index (χ1n) is 20.6. The molecule has 0 saturated heterocycles. The van der Waals surface area contributed by atoms with Crippen LogP contribution in [0.2, 0.25) is 0 Å². The second-order valence-electron chi connectivity index (χ2n) is 15.1. The van der Waals surface area contributed by atoms with Crippen LogP contribution >= 0.6 is 0 Å². The Bertz CT molecular complexity index is 2830. The highest BCUT2D eigenvalue weighted by Gasteiger charge is 2.29. The molecule has 1 N–H and O–H groups in total. The molecule has 0 amide bonds. The van der Waals surface area contributed by atoms with E-state index in [0.717, 1.165) is 28.1 Å². The first-order chi connectivity index (χ1) is 29.8. The summed E-state index contributed by atoms with van der Waals surface area (Å²) in [6.07, 6.45) is 4.08. The molecule has 9 aromatic rings. The molecule has 0 spiro atoms. The molecule has 0 aliphatic carbocycles. The van der Waals surface area contributed by atoms with Crippen LogP contribution in [0, 0.1) is 0 Å². The Morgan fingerprint density at radius 2 is 0.583 bits per heavy atom. The summed E-state index contributed by atoms with van der Waals surface area (Å²) in [5.74, 6) is 0.845. The lowest BCUT2D eigenvalue weighted by atomic mass is 9.74. The highest BCUT2D eigenvalue weighted by molar-refractivity contribution is 6.15. The van der Waals surface area contributed by atoms with Gasteiger partial charge < -0.3 is 5.32 Å². The van der Waals surface area contributed by atoms with Gasteiger partial charge in [-0.25, -0.2) is 4.99 Å². The second-order valence-corrected chi connectivity index (χ2v) is 15.1. The Morgan fingerprint density at radius 3 is 0.967 bits per heavy atom. The van der Waals surface area contributed by atoms with E-state index in [0.29, 0.717) is 0 Å². The fraction of sp³-hybridized carbons (Fsp3) is 0.0172. The lowest BCUT2D eigenvalue weighted by molar-refractivity contribution is 0.778. The fourth-order valence-corrected chi connectivity index (χ4v) is 8.73. The van der Waals surface area contributed by atoms with Crippen molar-refractivity contribution < 1.29 is 0 Å². The van der Waals surface area contributed by atoms with E-state index in [1.54, 1.807) is 0 Å². The van der Waals surface area contributed by atoms with Crippen molar-refractivity contribution in [3.05, 3.63) is 254 Å². The number of aliphatic imine (C=N–C) groups is 1. The summed E-state index contributed by atoms with van der Waals surface area (Å²) in [5, 5.41) is 3.78. The van der Waals surface area contributed by atoms with Gasteiger partial charge in [0.2, 0.25) is 0 Å². The Labute approximate surface area is 352 Å². The van der Waals surface area contributed by atoms with Crippen molar-refractivity contribution in [2.45, 2.75) is 6.04 Å². The highest BCUT2D eigenvalue weighted by Crippen LogP contribution is 2.55. The second kappa shape index (κ2) is 16.6. The van der Waals surface area contributed by atoms with Crippen molar-refractivity contribution in [2.75, 3.05) is 0 Å². The van der Waals surface area contributed by atoms with Gasteiger partial charge in [-0.05, 0) is 89.5 Å². The van der Waals surface area contributed by atoms with E-state index < -0.39 is 0 Å². The molecule has 284 valence electrons. The average molecular weight is 767 g/mol. The molecule has 2 nitrogen and oxygen atoms in total. The molecule has 2 heteroatoms. The third kappa shape index (κ3) is 7.06. The molecule has 9 aromatic carbocycles. The van der Waals surface area contributed by atoms with E-state index in [2.05, 4.69) is 242 Å². The van der Waals surface area contributed by atoms with Crippen LogP contribution < -0.4 is 5.32 Å². The van der Waals surface area contributed by atoms with Crippen molar-refractivity contribution in [3.63, 3.8) is 0 Å². The lowest BCUT2D eigenvalue weighted by Gasteiger charge is -2.29. The Hall–Kier alpha value is -7.81. The maximum Gasteiger partial charge on any atom is 0.133 e. The molecule has 1 heterocycles. The number of rotatable bonds is 9. The summed E-state index contributed by atoms with van der Waals surface area (Å²) >= 11 is 0. The van der Waals surface area contributed by atoms with Crippen LogP contribution in [0.4, 0.5) is 0 Å². The van der Waals surface area contributed by atoms with Gasteiger partial charge in [-0.2, -0.15) is 0 Å². The molecule has 0 bridgehead atoms. The minimum absolute atomic E-state index is 0.0321. The third-order valence-corrected chi connectivity index (χ3v) is 11.4. The molecular formula is C58H42N2. The fourth-order valence-electron chi connectivity index (χ4n) is 8.73. The molecule has 60 heavy (non-hydrogen) atoms. The number of benzene rings is 9. The van der Waals surface area contributed by atoms with E-state index in [-0.39, 0.29) is 6.04 Å². The largest absolute Gasteiger partial charge is 0.359 e. The van der Waals surface area contributed by atoms with E-state index in [9.17, 15) is 0 Å². The molecule has 1 atom stereocenters. The van der Waals surface area contributed by atoms with Gasteiger partial charge >= 0.3 is 0 Å². The maximum absolute atomic E-state index is 4.89. The standard InChI is InChI=1S/C58H42N2/c1-7-21-41(22-8-1)49-33-19-20-34-50(49)51-39-40-59-58(60-51)48-37-35-47(36-38-48)57-55(45-29-15-5-16-30-45)53(43-25-11-3-12-26-43)52(42-23-9-2-10-24-42)54(44-27-13-4-14-28-44)56(57)46-31-17-6-18-32-46/h1-40,51H,(H,59,60). The topological polar surface area (TPSA) is 24.4 Å². The Kier molecular flexibility index (Phi) is 10.1. The zero-order chi connectivity index (χ0) is 40.1. The maximum atomic E-state index is 4.89. The molecular weight excluding hydrogens is 725 g/mol. The summed E-state index contributed by atoms with van der Waals surface area (Å²) in [6.45, 7) is 0. The van der Waals surface area contributed by atoms with Crippen LogP contribution in [0.1, 0.15) is 17.2 Å². The number of amidine groups is 1. The van der Waals surface area contributed by atoms with E-state index >= 15 is 0 Å². The first kappa shape index (κ1) is 36.5. The predicted molar refractivity (Wildman–Crippen MR) is 252 cm³/mol. The SMILES string of the molecule is C1=CC(c2ccccc2-c2ccccc2)NC(c2ccc(-c3c(-c4ccccc4)c(-c4ccccc4)c(-c4ccccc4)c(-c4ccccc4)c3-c3ccccc3)cc2)=N1. The van der Waals surface area contributed by atoms with E-state index in [1.807, 2.05) is 6.20 Å². The monoisotopic (exact) mass is 766 g/mol. The smallest absolute Gasteiger partial charge is 0.133 e. The quantitative estimate of drug-likeness (QED) is 0.155. The van der Waals surface area contributed by atoms with Crippen molar-refractivity contribution >= 4 is 5.84 Å². The van der Waals surface area contributed by atoms with Crippen molar-refractivity contribution in [2.24, 2.45) is 4.99 Å². The number of hydrogen-bond acceptors (Lipinski definition) is 2. The lowest BCUT2D eigenvalue weighted by Crippen LogP contribution is -2.30. The summed E-state index contributed by atoms with van der Waals surface area (Å²) in [6, 6.07) is 82.8. The molecule has 1 aliphatic rings. The van der Waals surface area contributed by atoms with Crippen molar-refractivity contribution in [3.8, 4) is 77.9 Å². The minimum Gasteiger partial charge on any atom is -0.359 e. The number of nitrogens with zero attached hydrogens (tertiary/aromatic N) is 1. The van der Waals surface area contributed by atoms with Gasteiger partial charge in [0.05, 0.1) is 6.04 Å². The van der Waals surface area contributed by atoms with Gasteiger partial charge in [0.25, 0.3) is 0 Å². The third-order valence-electron chi connectivity index (χ3n) is 11.4. The van der Waals surface area contributed by atoms with Gasteiger partial charge in [-0.3, -0.25) is 0 Å². The van der Waals surface area contributed by atoms with Crippen LogP contribution in [-0.4, -0.2) is 5.84 Å². The predicted octanol–water partition coefficient (Wildman–Crippen LogP) is 15.0. The highest BCUT2D eigenvalue weighted by atomic mass is 15.0. The molecule has 0 aromatic heterocycles. The van der Waals surface area contributed by atoms with Crippen molar-refractivity contribution in [1.29, 1.82) is 0 Å². The van der Waals surface area contributed by atoms with Gasteiger partial charge in [0, 0.05) is 11.8 Å². The normalized spacial score (nSPS) is 13.3. The van der Waals surface area contributed by atoms with Gasteiger partial charge in [0.1, 0.15) is 5.84 Å². The Morgan fingerprint density at radius 1 is 0.283 bits per heavy atom. The van der Waals surface area contributed by atoms with Crippen LogP contribution in [0.5, 0.6) is 0 Å². The van der Waals surface area contributed by atoms with Crippen LogP contribution in [0.25, 0.3) is 77.9 Å². The van der Waals surface area contributed by atoms with Gasteiger partial charge in [-0.15, -0.1) is 0 Å². The number of hydrogen-bond donors (Lipinski definition) is 1. The van der Waals surface area contributed by atoms with Crippen LogP contribution in [0.3, 0.4) is 0 Å². The molecule has 1 unspecified atom stereocenters. The summed E-state index contributed by atoms with van der Waals surface area (Å²) in [4.78, 5) is 4.89. The summed E-state index contributed by atoms with van der Waals surface area (Å²) in [7, 11) is 0. The van der Waals surface area contributed by atoms with E-state index in [1.165, 1.54) is 66.8 Å². The summed E-state index contributed by atoms with van der Waals surface area (Å²) in [5.41, 5.74) is 18.8. The van der Waals surface area contributed by atoms with Gasteiger partial charge in [0.15, 0.2) is 0 Å². The number of nitrogens with one attached hydrogen (secondary N) is 1. The first-order valence-corrected chi connectivity index (χ1v) is 20.6. The molecule has 0 radical (unpaired) electrons.